The molecule has 4 aliphatic carbocycles. The largest absolute Gasteiger partial charge is 0.390 e. The van der Waals surface area contributed by atoms with Crippen LogP contribution in [-0.4, -0.2) is 27.2 Å². The standard InChI is InChI=1S/C12H18O3/c1-7(13)10-8-2-11(14)4-9(10)5-12(15,3-8)6-11/h8-10,14-15H,2-6H2,1H3. The van der Waals surface area contributed by atoms with E-state index in [1.54, 1.807) is 6.92 Å². The van der Waals surface area contributed by atoms with E-state index < -0.39 is 11.2 Å². The third kappa shape index (κ3) is 1.29. The molecule has 3 nitrogen and oxygen atoms in total. The topological polar surface area (TPSA) is 57.5 Å². The van der Waals surface area contributed by atoms with Crippen molar-refractivity contribution in [2.75, 3.05) is 0 Å². The lowest BCUT2D eigenvalue weighted by Gasteiger charge is -2.60. The Morgan fingerprint density at radius 2 is 1.47 bits per heavy atom. The predicted molar refractivity (Wildman–Crippen MR) is 54.1 cm³/mol. The van der Waals surface area contributed by atoms with Crippen LogP contribution in [0.4, 0.5) is 0 Å². The first-order valence-corrected chi connectivity index (χ1v) is 5.86. The number of ketones is 1. The van der Waals surface area contributed by atoms with Crippen LogP contribution in [-0.2, 0) is 4.79 Å². The summed E-state index contributed by atoms with van der Waals surface area (Å²) in [4.78, 5) is 11.6. The lowest BCUT2D eigenvalue weighted by molar-refractivity contribution is -0.217. The van der Waals surface area contributed by atoms with E-state index in [0.717, 1.165) is 25.7 Å². The Balaban J connectivity index is 1.97. The Morgan fingerprint density at radius 3 is 1.80 bits per heavy atom. The van der Waals surface area contributed by atoms with Gasteiger partial charge in [-0.25, -0.2) is 0 Å². The van der Waals surface area contributed by atoms with Gasteiger partial charge in [-0.1, -0.05) is 0 Å². The predicted octanol–water partition coefficient (Wildman–Crippen LogP) is 0.877. The average Bonchev–Trinajstić information content (AvgIpc) is 1.94. The molecule has 0 aromatic rings. The van der Waals surface area contributed by atoms with Crippen molar-refractivity contribution < 1.29 is 15.0 Å². The van der Waals surface area contributed by atoms with Crippen molar-refractivity contribution in [2.45, 2.75) is 50.2 Å². The minimum Gasteiger partial charge on any atom is -0.390 e. The van der Waals surface area contributed by atoms with Gasteiger partial charge in [0.2, 0.25) is 0 Å². The van der Waals surface area contributed by atoms with Crippen molar-refractivity contribution in [1.29, 1.82) is 0 Å². The van der Waals surface area contributed by atoms with Crippen LogP contribution >= 0.6 is 0 Å². The molecular weight excluding hydrogens is 192 g/mol. The molecule has 0 aromatic heterocycles. The van der Waals surface area contributed by atoms with Crippen molar-refractivity contribution in [3.63, 3.8) is 0 Å². The lowest BCUT2D eigenvalue weighted by atomic mass is 9.48. The highest BCUT2D eigenvalue weighted by atomic mass is 16.3. The van der Waals surface area contributed by atoms with Gasteiger partial charge in [-0.05, 0) is 44.4 Å². The molecule has 0 amide bonds. The van der Waals surface area contributed by atoms with Gasteiger partial charge in [0, 0.05) is 12.3 Å². The number of Topliss-reactive ketones (excluding diaryl/α,β-unsaturated/α-hetero) is 1. The van der Waals surface area contributed by atoms with Crippen LogP contribution in [0.3, 0.4) is 0 Å². The normalized spacial score (nSPS) is 57.1. The van der Waals surface area contributed by atoms with Crippen LogP contribution in [0.15, 0.2) is 0 Å². The van der Waals surface area contributed by atoms with Crippen molar-refractivity contribution in [2.24, 2.45) is 17.8 Å². The second-order valence-electron chi connectivity index (χ2n) is 6.10. The summed E-state index contributed by atoms with van der Waals surface area (Å²) in [5, 5.41) is 20.6. The summed E-state index contributed by atoms with van der Waals surface area (Å²) in [6.07, 6.45) is 3.40. The van der Waals surface area contributed by atoms with E-state index in [4.69, 9.17) is 0 Å². The van der Waals surface area contributed by atoms with Crippen LogP contribution in [0.25, 0.3) is 0 Å². The summed E-state index contributed by atoms with van der Waals surface area (Å²) in [6, 6.07) is 0. The molecule has 84 valence electrons. The highest BCUT2D eigenvalue weighted by Gasteiger charge is 2.61. The average molecular weight is 210 g/mol. The smallest absolute Gasteiger partial charge is 0.133 e. The Kier molecular flexibility index (Phi) is 1.72. The minimum atomic E-state index is -0.674. The summed E-state index contributed by atoms with van der Waals surface area (Å²) in [6.45, 7) is 1.65. The fraction of sp³-hybridized carbons (Fsp3) is 0.917. The van der Waals surface area contributed by atoms with Crippen LogP contribution < -0.4 is 0 Å². The molecule has 0 heterocycles. The SMILES string of the molecule is CC(=O)C1C2CC3(O)CC1CC(O)(C2)C3. The van der Waals surface area contributed by atoms with E-state index >= 15 is 0 Å². The van der Waals surface area contributed by atoms with E-state index in [9.17, 15) is 15.0 Å². The van der Waals surface area contributed by atoms with Gasteiger partial charge in [0.1, 0.15) is 5.78 Å². The molecule has 0 radical (unpaired) electrons. The van der Waals surface area contributed by atoms with Gasteiger partial charge in [0.05, 0.1) is 11.2 Å². The first-order valence-electron chi connectivity index (χ1n) is 5.86. The highest BCUT2D eigenvalue weighted by molar-refractivity contribution is 5.79. The van der Waals surface area contributed by atoms with Crippen molar-refractivity contribution in [3.8, 4) is 0 Å². The number of aliphatic hydroxyl groups is 2. The molecule has 0 spiro atoms. The summed E-state index contributed by atoms with van der Waals surface area (Å²) >= 11 is 0. The fourth-order valence-corrected chi connectivity index (χ4v) is 4.72. The van der Waals surface area contributed by atoms with E-state index in [1.807, 2.05) is 0 Å². The second kappa shape index (κ2) is 2.64. The van der Waals surface area contributed by atoms with Gasteiger partial charge >= 0.3 is 0 Å². The quantitative estimate of drug-likeness (QED) is 0.675. The number of hydrogen-bond donors (Lipinski definition) is 2. The molecule has 0 aromatic carbocycles. The van der Waals surface area contributed by atoms with E-state index in [1.165, 1.54) is 0 Å². The Hall–Kier alpha value is -0.410. The molecule has 4 saturated carbocycles. The molecule has 0 saturated heterocycles. The van der Waals surface area contributed by atoms with E-state index in [2.05, 4.69) is 0 Å². The molecule has 3 heteroatoms. The zero-order valence-electron chi connectivity index (χ0n) is 9.07. The summed E-state index contributed by atoms with van der Waals surface area (Å²) in [7, 11) is 0. The van der Waals surface area contributed by atoms with Gasteiger partial charge < -0.3 is 10.2 Å². The number of rotatable bonds is 1. The van der Waals surface area contributed by atoms with Crippen LogP contribution in [0, 0.1) is 17.8 Å². The molecule has 4 rings (SSSR count). The lowest BCUT2D eigenvalue weighted by Crippen LogP contribution is -2.63. The van der Waals surface area contributed by atoms with Crippen molar-refractivity contribution >= 4 is 5.78 Å². The highest BCUT2D eigenvalue weighted by Crippen LogP contribution is 2.59. The maximum absolute atomic E-state index is 11.6. The van der Waals surface area contributed by atoms with Gasteiger partial charge in [0.25, 0.3) is 0 Å². The molecule has 4 fully saturated rings. The number of carbonyl (C=O) groups excluding carboxylic acids is 1. The molecule has 2 N–H and O–H groups in total. The van der Waals surface area contributed by atoms with E-state index in [0.29, 0.717) is 6.42 Å². The van der Waals surface area contributed by atoms with E-state index in [-0.39, 0.29) is 23.5 Å². The van der Waals surface area contributed by atoms with Crippen LogP contribution in [0.1, 0.15) is 39.0 Å². The molecule has 4 bridgehead atoms. The Labute approximate surface area is 89.5 Å². The zero-order chi connectivity index (χ0) is 10.8. The third-order valence-corrected chi connectivity index (χ3v) is 4.71. The molecule has 4 aliphatic rings. The summed E-state index contributed by atoms with van der Waals surface area (Å²) < 4.78 is 0. The second-order valence-corrected chi connectivity index (χ2v) is 6.10. The van der Waals surface area contributed by atoms with Gasteiger partial charge in [-0.15, -0.1) is 0 Å². The third-order valence-electron chi connectivity index (χ3n) is 4.71. The maximum atomic E-state index is 11.6. The molecule has 0 unspecified atom stereocenters. The van der Waals surface area contributed by atoms with Crippen LogP contribution in [0.2, 0.25) is 0 Å². The van der Waals surface area contributed by atoms with Gasteiger partial charge in [-0.3, -0.25) is 4.79 Å². The minimum absolute atomic E-state index is 0.103. The molecule has 15 heavy (non-hydrogen) atoms. The summed E-state index contributed by atoms with van der Waals surface area (Å²) in [5.41, 5.74) is -1.35. The first kappa shape index (κ1) is 9.79. The molecule has 0 atom stereocenters. The molecule has 0 aliphatic heterocycles. The maximum Gasteiger partial charge on any atom is 0.133 e. The van der Waals surface area contributed by atoms with Gasteiger partial charge in [0.15, 0.2) is 0 Å². The monoisotopic (exact) mass is 210 g/mol. The molecular formula is C12H18O3. The number of hydrogen-bond acceptors (Lipinski definition) is 3. The first-order chi connectivity index (χ1) is 6.91. The van der Waals surface area contributed by atoms with Crippen molar-refractivity contribution in [3.05, 3.63) is 0 Å². The fourth-order valence-electron chi connectivity index (χ4n) is 4.72. The van der Waals surface area contributed by atoms with Gasteiger partial charge in [-0.2, -0.15) is 0 Å². The zero-order valence-corrected chi connectivity index (χ0v) is 9.07. The Bertz CT molecular complexity index is 287. The van der Waals surface area contributed by atoms with Crippen LogP contribution in [0.5, 0.6) is 0 Å². The summed E-state index contributed by atoms with van der Waals surface area (Å²) in [5.74, 6) is 0.791. The van der Waals surface area contributed by atoms with Crippen molar-refractivity contribution in [1.82, 2.24) is 0 Å². The Morgan fingerprint density at radius 1 is 1.07 bits per heavy atom. The number of carbonyl (C=O) groups is 1.